The summed E-state index contributed by atoms with van der Waals surface area (Å²) >= 11 is 0. The highest BCUT2D eigenvalue weighted by atomic mass is 16.5. The molecular weight excluding hydrogens is 282 g/mol. The molecule has 23 heavy (non-hydrogen) atoms. The van der Waals surface area contributed by atoms with Crippen LogP contribution in [-0.4, -0.2) is 6.61 Å². The first-order valence-electron chi connectivity index (χ1n) is 8.13. The minimum absolute atomic E-state index is 0.599. The molecule has 0 radical (unpaired) electrons. The maximum absolute atomic E-state index is 8.61. The van der Waals surface area contributed by atoms with Crippen LogP contribution in [0.2, 0.25) is 0 Å². The van der Waals surface area contributed by atoms with E-state index in [1.54, 1.807) is 0 Å². The summed E-state index contributed by atoms with van der Waals surface area (Å²) in [4.78, 5) is 0. The van der Waals surface area contributed by atoms with Crippen LogP contribution in [0.15, 0.2) is 42.5 Å². The Kier molecular flexibility index (Phi) is 4.48. The third-order valence-corrected chi connectivity index (χ3v) is 4.40. The van der Waals surface area contributed by atoms with Crippen LogP contribution in [-0.2, 0) is 0 Å². The summed E-state index contributed by atoms with van der Waals surface area (Å²) in [7, 11) is 0. The molecule has 0 saturated carbocycles. The molecule has 0 aliphatic heterocycles. The first-order chi connectivity index (χ1) is 11.2. The summed E-state index contributed by atoms with van der Waals surface area (Å²) in [5.41, 5.74) is 2.45. The molecule has 0 unspecified atom stereocenters. The largest absolute Gasteiger partial charge is 0.493 e. The molecular formula is C21H21NO. The van der Waals surface area contributed by atoms with Gasteiger partial charge in [0.05, 0.1) is 12.7 Å². The maximum atomic E-state index is 8.61. The summed E-state index contributed by atoms with van der Waals surface area (Å²) in [5.74, 6) is 0.989. The van der Waals surface area contributed by atoms with E-state index in [4.69, 9.17) is 10.00 Å². The molecule has 116 valence electrons. The van der Waals surface area contributed by atoms with Crippen LogP contribution in [0.3, 0.4) is 0 Å². The fourth-order valence-electron chi connectivity index (χ4n) is 2.96. The number of fused-ring (bicyclic) bond motifs is 2. The van der Waals surface area contributed by atoms with E-state index in [-0.39, 0.29) is 0 Å². The SMILES string of the molecule is Cc1cc2cc3ccccc3cc2c(OCCCCC#N)c1C. The second-order valence-electron chi connectivity index (χ2n) is 6.03. The third-order valence-electron chi connectivity index (χ3n) is 4.40. The highest BCUT2D eigenvalue weighted by Gasteiger charge is 2.10. The van der Waals surface area contributed by atoms with Crippen LogP contribution in [0, 0.1) is 25.2 Å². The van der Waals surface area contributed by atoms with Gasteiger partial charge < -0.3 is 4.74 Å². The Balaban J connectivity index is 2.02. The number of unbranched alkanes of at least 4 members (excludes halogenated alkanes) is 2. The van der Waals surface area contributed by atoms with Crippen LogP contribution in [0.1, 0.15) is 30.4 Å². The summed E-state index contributed by atoms with van der Waals surface area (Å²) in [6, 6.07) is 17.3. The van der Waals surface area contributed by atoms with Gasteiger partial charge in [-0.3, -0.25) is 0 Å². The van der Waals surface area contributed by atoms with E-state index in [2.05, 4.69) is 62.4 Å². The predicted octanol–water partition coefficient (Wildman–Crippen LogP) is 5.68. The lowest BCUT2D eigenvalue weighted by Crippen LogP contribution is -2.01. The monoisotopic (exact) mass is 303 g/mol. The van der Waals surface area contributed by atoms with Crippen molar-refractivity contribution in [2.24, 2.45) is 0 Å². The number of nitriles is 1. The molecule has 2 nitrogen and oxygen atoms in total. The van der Waals surface area contributed by atoms with Crippen LogP contribution in [0.4, 0.5) is 0 Å². The Labute approximate surface area is 137 Å². The number of hydrogen-bond acceptors (Lipinski definition) is 2. The second-order valence-corrected chi connectivity index (χ2v) is 6.03. The van der Waals surface area contributed by atoms with Gasteiger partial charge in [-0.1, -0.05) is 30.3 Å². The molecule has 0 atom stereocenters. The highest BCUT2D eigenvalue weighted by Crippen LogP contribution is 2.35. The first-order valence-corrected chi connectivity index (χ1v) is 8.13. The molecule has 0 aliphatic rings. The molecule has 0 bridgehead atoms. The van der Waals surface area contributed by atoms with Crippen LogP contribution in [0.5, 0.6) is 5.75 Å². The van der Waals surface area contributed by atoms with Crippen molar-refractivity contribution in [1.29, 1.82) is 5.26 Å². The average Bonchev–Trinajstić information content (AvgIpc) is 2.56. The van der Waals surface area contributed by atoms with Crippen molar-refractivity contribution in [1.82, 2.24) is 0 Å². The van der Waals surface area contributed by atoms with Crippen molar-refractivity contribution in [3.8, 4) is 11.8 Å². The molecule has 3 aromatic rings. The number of benzene rings is 3. The molecule has 0 fully saturated rings. The van der Waals surface area contributed by atoms with Crippen molar-refractivity contribution < 1.29 is 4.74 Å². The summed E-state index contributed by atoms with van der Waals surface area (Å²) in [5, 5.41) is 13.5. The van der Waals surface area contributed by atoms with E-state index in [1.165, 1.54) is 32.7 Å². The van der Waals surface area contributed by atoms with Gasteiger partial charge in [-0.2, -0.15) is 5.26 Å². The quantitative estimate of drug-likeness (QED) is 0.448. The van der Waals surface area contributed by atoms with Gasteiger partial charge in [-0.15, -0.1) is 0 Å². The molecule has 0 aromatic heterocycles. The number of aryl methyl sites for hydroxylation is 1. The average molecular weight is 303 g/mol. The van der Waals surface area contributed by atoms with Gasteiger partial charge in [-0.05, 0) is 66.1 Å². The Bertz CT molecular complexity index is 890. The van der Waals surface area contributed by atoms with Crippen molar-refractivity contribution in [3.05, 3.63) is 53.6 Å². The van der Waals surface area contributed by atoms with Gasteiger partial charge in [0, 0.05) is 11.8 Å². The third kappa shape index (κ3) is 3.14. The van der Waals surface area contributed by atoms with Gasteiger partial charge in [0.2, 0.25) is 0 Å². The van der Waals surface area contributed by atoms with E-state index < -0.39 is 0 Å². The van der Waals surface area contributed by atoms with Gasteiger partial charge in [0.15, 0.2) is 0 Å². The summed E-state index contributed by atoms with van der Waals surface area (Å²) in [6.45, 7) is 4.91. The maximum Gasteiger partial charge on any atom is 0.130 e. The van der Waals surface area contributed by atoms with E-state index in [9.17, 15) is 0 Å². The molecule has 2 heteroatoms. The molecule has 0 amide bonds. The topological polar surface area (TPSA) is 33.0 Å². The van der Waals surface area contributed by atoms with E-state index in [1.807, 2.05) is 0 Å². The fraction of sp³-hybridized carbons (Fsp3) is 0.286. The van der Waals surface area contributed by atoms with Crippen LogP contribution < -0.4 is 4.74 Å². The zero-order chi connectivity index (χ0) is 16.2. The van der Waals surface area contributed by atoms with E-state index in [0.717, 1.165) is 18.6 Å². The number of rotatable bonds is 5. The Morgan fingerprint density at radius 2 is 1.70 bits per heavy atom. The lowest BCUT2D eigenvalue weighted by molar-refractivity contribution is 0.309. The van der Waals surface area contributed by atoms with Gasteiger partial charge in [0.25, 0.3) is 0 Å². The van der Waals surface area contributed by atoms with E-state index >= 15 is 0 Å². The van der Waals surface area contributed by atoms with Crippen LogP contribution >= 0.6 is 0 Å². The first kappa shape index (κ1) is 15.4. The predicted molar refractivity (Wildman–Crippen MR) is 95.9 cm³/mol. The van der Waals surface area contributed by atoms with Crippen molar-refractivity contribution in [2.45, 2.75) is 33.1 Å². The number of nitrogens with zero attached hydrogens (tertiary/aromatic N) is 1. The Hall–Kier alpha value is -2.53. The van der Waals surface area contributed by atoms with E-state index in [0.29, 0.717) is 13.0 Å². The molecule has 0 spiro atoms. The summed E-state index contributed by atoms with van der Waals surface area (Å²) < 4.78 is 6.12. The second kappa shape index (κ2) is 6.71. The standard InChI is InChI=1S/C21H21NO/c1-15-12-19-13-17-8-4-5-9-18(17)14-20(19)21(16(15)2)23-11-7-3-6-10-22/h4-5,8-9,12-14H,3,6-7,11H2,1-2H3. The Morgan fingerprint density at radius 3 is 2.43 bits per heavy atom. The van der Waals surface area contributed by atoms with Gasteiger partial charge >= 0.3 is 0 Å². The molecule has 0 saturated heterocycles. The fourth-order valence-corrected chi connectivity index (χ4v) is 2.96. The number of ether oxygens (including phenoxy) is 1. The minimum Gasteiger partial charge on any atom is -0.493 e. The zero-order valence-electron chi connectivity index (χ0n) is 13.7. The molecule has 3 rings (SSSR count). The smallest absolute Gasteiger partial charge is 0.130 e. The molecule has 0 aliphatic carbocycles. The van der Waals surface area contributed by atoms with Crippen molar-refractivity contribution >= 4 is 21.5 Å². The molecule has 0 heterocycles. The minimum atomic E-state index is 0.599. The zero-order valence-corrected chi connectivity index (χ0v) is 13.7. The normalized spacial score (nSPS) is 10.8. The molecule has 3 aromatic carbocycles. The summed E-state index contributed by atoms with van der Waals surface area (Å²) in [6.07, 6.45) is 2.40. The highest BCUT2D eigenvalue weighted by molar-refractivity contribution is 6.01. The van der Waals surface area contributed by atoms with Gasteiger partial charge in [-0.25, -0.2) is 0 Å². The number of hydrogen-bond donors (Lipinski definition) is 0. The molecule has 0 N–H and O–H groups in total. The lowest BCUT2D eigenvalue weighted by Gasteiger charge is -2.15. The van der Waals surface area contributed by atoms with Crippen molar-refractivity contribution in [3.63, 3.8) is 0 Å². The Morgan fingerprint density at radius 1 is 0.957 bits per heavy atom. The van der Waals surface area contributed by atoms with Gasteiger partial charge in [0.1, 0.15) is 5.75 Å². The lowest BCUT2D eigenvalue weighted by atomic mass is 9.98. The van der Waals surface area contributed by atoms with Crippen molar-refractivity contribution in [2.75, 3.05) is 6.61 Å². The van der Waals surface area contributed by atoms with Crippen LogP contribution in [0.25, 0.3) is 21.5 Å².